The third-order valence-electron chi connectivity index (χ3n) is 0.688. The van der Waals surface area contributed by atoms with E-state index in [1.165, 1.54) is 11.3 Å². The summed E-state index contributed by atoms with van der Waals surface area (Å²) in [7, 11) is 0. The molecule has 0 saturated carbocycles. The van der Waals surface area contributed by atoms with Crippen molar-refractivity contribution in [3.63, 3.8) is 0 Å². The second-order valence-corrected chi connectivity index (χ2v) is 3.01. The van der Waals surface area contributed by atoms with Crippen LogP contribution in [-0.4, -0.2) is 10.1 Å². The molecular weight excluding hydrogens is 142 g/mol. The fraction of sp³-hybridized carbons (Fsp3) is 0.250. The number of rotatable bonds is 1. The van der Waals surface area contributed by atoms with Gasteiger partial charge in [-0.25, -0.2) is 4.98 Å². The number of aromatic nitrogens is 1. The smallest absolute Gasteiger partial charge is 0.180 e. The van der Waals surface area contributed by atoms with E-state index in [1.54, 1.807) is 6.20 Å². The first-order valence-corrected chi connectivity index (χ1v) is 3.28. The number of aliphatic hydroxyl groups is 1. The van der Waals surface area contributed by atoms with Crippen LogP contribution < -0.4 is 0 Å². The molecule has 1 N–H and O–H groups in total. The number of hydrogen-bond donors (Lipinski definition) is 1. The van der Waals surface area contributed by atoms with E-state index in [-0.39, 0.29) is 6.61 Å². The molecule has 8 heavy (non-hydrogen) atoms. The number of nitrogens with zero attached hydrogens (tertiary/aromatic N) is 1. The van der Waals surface area contributed by atoms with Crippen LogP contribution in [-0.2, 0) is 6.61 Å². The molecule has 0 unspecified atom stereocenters. The van der Waals surface area contributed by atoms with Crippen LogP contribution in [0.2, 0.25) is 0 Å². The van der Waals surface area contributed by atoms with Crippen molar-refractivity contribution in [2.24, 2.45) is 0 Å². The van der Waals surface area contributed by atoms with Crippen molar-refractivity contribution in [3.05, 3.63) is 11.1 Å². The van der Waals surface area contributed by atoms with Crippen LogP contribution >= 0.6 is 24.0 Å². The molecule has 43 valence electrons. The van der Waals surface area contributed by atoms with Gasteiger partial charge < -0.3 is 5.11 Å². The lowest BCUT2D eigenvalue weighted by Crippen LogP contribution is -1.70. The van der Waals surface area contributed by atoms with E-state index in [0.29, 0.717) is 4.34 Å². The predicted molar refractivity (Wildman–Crippen MR) is 33.9 cm³/mol. The van der Waals surface area contributed by atoms with Gasteiger partial charge in [-0.1, -0.05) is 0 Å². The van der Waals surface area contributed by atoms with Crippen molar-refractivity contribution >= 4 is 24.0 Å². The zero-order chi connectivity index (χ0) is 5.98. The first kappa shape index (κ1) is 5.94. The number of aliphatic hydroxyl groups excluding tert-OH is 1. The highest BCUT2D eigenvalue weighted by Gasteiger charge is 1.94. The monoisotopic (exact) mass is 146 g/mol. The Labute approximate surface area is 56.6 Å². The van der Waals surface area contributed by atoms with Crippen LogP contribution in [0.15, 0.2) is 10.5 Å². The Morgan fingerprint density at radius 3 is 2.88 bits per heavy atom. The van der Waals surface area contributed by atoms with Crippen LogP contribution in [0.25, 0.3) is 0 Å². The first-order chi connectivity index (χ1) is 3.83. The minimum absolute atomic E-state index is 0.0499. The number of thiazole rings is 1. The second kappa shape index (κ2) is 2.39. The summed E-state index contributed by atoms with van der Waals surface area (Å²) >= 11 is 6.04. The van der Waals surface area contributed by atoms with E-state index >= 15 is 0 Å². The lowest BCUT2D eigenvalue weighted by atomic mass is 10.6. The molecule has 0 bridgehead atoms. The lowest BCUT2D eigenvalue weighted by Gasteiger charge is -1.77. The Bertz CT molecular complexity index is 174. The first-order valence-electron chi connectivity index (χ1n) is 2.05. The van der Waals surface area contributed by atoms with Gasteiger partial charge in [0.05, 0.1) is 11.5 Å². The predicted octanol–water partition coefficient (Wildman–Crippen LogP) is 1.19. The molecule has 0 aromatic carbocycles. The minimum atomic E-state index is 0.0499. The van der Waals surface area contributed by atoms with E-state index in [2.05, 4.69) is 4.98 Å². The van der Waals surface area contributed by atoms with E-state index in [0.717, 1.165) is 4.88 Å². The average molecular weight is 146 g/mol. The maximum Gasteiger partial charge on any atom is 0.180 e. The summed E-state index contributed by atoms with van der Waals surface area (Å²) in [5.41, 5.74) is 0. The van der Waals surface area contributed by atoms with Gasteiger partial charge >= 0.3 is 0 Å². The maximum absolute atomic E-state index is 8.48. The standard InChI is InChI=1S/C4H4NOS2/c6-2-3-1-5-4(7)8-3/h1,6H,2H2. The molecule has 2 nitrogen and oxygen atoms in total. The quantitative estimate of drug-likeness (QED) is 0.645. The Balaban J connectivity index is 2.84. The molecule has 1 heterocycles. The highest BCUT2D eigenvalue weighted by Crippen LogP contribution is 2.14. The molecule has 0 aliphatic rings. The van der Waals surface area contributed by atoms with Crippen molar-refractivity contribution < 1.29 is 5.11 Å². The molecule has 0 spiro atoms. The largest absolute Gasteiger partial charge is 0.391 e. The summed E-state index contributed by atoms with van der Waals surface area (Å²) in [6, 6.07) is 0. The van der Waals surface area contributed by atoms with Crippen LogP contribution in [0.4, 0.5) is 0 Å². The van der Waals surface area contributed by atoms with Gasteiger partial charge in [0.15, 0.2) is 4.34 Å². The Morgan fingerprint density at radius 1 is 1.88 bits per heavy atom. The molecule has 0 aliphatic carbocycles. The molecule has 1 rings (SSSR count). The van der Waals surface area contributed by atoms with E-state index < -0.39 is 0 Å². The van der Waals surface area contributed by atoms with Crippen molar-refractivity contribution in [1.82, 2.24) is 4.98 Å². The molecule has 0 aliphatic heterocycles. The Morgan fingerprint density at radius 2 is 2.62 bits per heavy atom. The van der Waals surface area contributed by atoms with Crippen LogP contribution in [0.3, 0.4) is 0 Å². The van der Waals surface area contributed by atoms with Gasteiger partial charge in [-0.15, -0.1) is 11.3 Å². The molecular formula is C4H4NOS2. The van der Waals surface area contributed by atoms with Crippen molar-refractivity contribution in [1.29, 1.82) is 0 Å². The van der Waals surface area contributed by atoms with Gasteiger partial charge in [0, 0.05) is 6.20 Å². The average Bonchev–Trinajstić information content (AvgIpc) is 2.14. The third kappa shape index (κ3) is 1.15. The summed E-state index contributed by atoms with van der Waals surface area (Å²) in [4.78, 5) is 4.59. The number of hydrogen-bond acceptors (Lipinski definition) is 3. The van der Waals surface area contributed by atoms with Gasteiger partial charge in [-0.05, 0) is 12.6 Å². The molecule has 1 radical (unpaired) electrons. The Kier molecular flexibility index (Phi) is 1.77. The molecule has 1 aromatic rings. The van der Waals surface area contributed by atoms with Gasteiger partial charge in [0.2, 0.25) is 0 Å². The lowest BCUT2D eigenvalue weighted by molar-refractivity contribution is 0.285. The van der Waals surface area contributed by atoms with Gasteiger partial charge in [0.1, 0.15) is 0 Å². The minimum Gasteiger partial charge on any atom is -0.391 e. The van der Waals surface area contributed by atoms with Crippen molar-refractivity contribution in [2.75, 3.05) is 0 Å². The molecule has 4 heteroatoms. The van der Waals surface area contributed by atoms with E-state index in [4.69, 9.17) is 17.7 Å². The molecule has 0 atom stereocenters. The van der Waals surface area contributed by atoms with E-state index in [1.807, 2.05) is 0 Å². The van der Waals surface area contributed by atoms with Crippen LogP contribution in [0, 0.1) is 0 Å². The topological polar surface area (TPSA) is 33.1 Å². The fourth-order valence-electron chi connectivity index (χ4n) is 0.363. The molecule has 0 amide bonds. The van der Waals surface area contributed by atoms with Crippen molar-refractivity contribution in [3.8, 4) is 0 Å². The van der Waals surface area contributed by atoms with Crippen molar-refractivity contribution in [2.45, 2.75) is 10.9 Å². The summed E-state index contributed by atoms with van der Waals surface area (Å²) in [6.07, 6.45) is 1.59. The maximum atomic E-state index is 8.48. The van der Waals surface area contributed by atoms with Gasteiger partial charge in [-0.2, -0.15) is 0 Å². The summed E-state index contributed by atoms with van der Waals surface area (Å²) < 4.78 is 0.592. The summed E-state index contributed by atoms with van der Waals surface area (Å²) in [5.74, 6) is 0. The van der Waals surface area contributed by atoms with Gasteiger partial charge in [-0.3, -0.25) is 0 Å². The highest BCUT2D eigenvalue weighted by molar-refractivity contribution is 7.82. The fourth-order valence-corrected chi connectivity index (χ4v) is 1.24. The van der Waals surface area contributed by atoms with Gasteiger partial charge in [0.25, 0.3) is 0 Å². The Hall–Kier alpha value is -0.190. The normalized spacial score (nSPS) is 9.62. The zero-order valence-corrected chi connectivity index (χ0v) is 5.63. The molecule has 1 aromatic heterocycles. The van der Waals surface area contributed by atoms with E-state index in [9.17, 15) is 0 Å². The SMILES string of the molecule is OCc1cnc([S])s1. The summed E-state index contributed by atoms with van der Waals surface area (Å²) in [5, 5.41) is 8.48. The highest BCUT2D eigenvalue weighted by atomic mass is 32.2. The third-order valence-corrected chi connectivity index (χ3v) is 1.82. The van der Waals surface area contributed by atoms with Crippen LogP contribution in [0.5, 0.6) is 0 Å². The molecule has 0 fully saturated rings. The second-order valence-electron chi connectivity index (χ2n) is 1.25. The van der Waals surface area contributed by atoms with Crippen LogP contribution in [0.1, 0.15) is 4.88 Å². The molecule has 0 saturated heterocycles. The summed E-state index contributed by atoms with van der Waals surface area (Å²) in [6.45, 7) is 0.0499. The zero-order valence-electron chi connectivity index (χ0n) is 4.00.